The van der Waals surface area contributed by atoms with Crippen LogP contribution in [0, 0.1) is 0 Å². The topological polar surface area (TPSA) is 156 Å². The van der Waals surface area contributed by atoms with Gasteiger partial charge in [-0.3, -0.25) is 9.59 Å². The lowest BCUT2D eigenvalue weighted by Gasteiger charge is -2.24. The van der Waals surface area contributed by atoms with Crippen LogP contribution in [-0.2, 0) is 34.2 Å². The molecule has 0 saturated carbocycles. The molecule has 0 aliphatic carbocycles. The Morgan fingerprint density at radius 3 is 2.09 bits per heavy atom. The van der Waals surface area contributed by atoms with Gasteiger partial charge < -0.3 is 21.1 Å². The number of sulfonamides is 1. The minimum absolute atomic E-state index is 0.0294. The quantitative estimate of drug-likeness (QED) is 0.184. The number of hydrogen-bond donors (Lipinski definition) is 4. The number of carbonyl (C=O) groups is 2. The second kappa shape index (κ2) is 14.6. The SMILES string of the molecule is NCCNC(=O)c1cccc(-c2cccc(CN(CCc3ccc(S(N)(=O)=O)cc3)C(=O)CCc3ccc(O)cc3)c2)c1. The average molecular weight is 601 g/mol. The standard InChI is InChI=1S/C33H36N4O5S/c34-18-19-36-33(40)29-6-2-5-28(22-29)27-4-1-3-26(21-27)23-37(32(39)16-11-24-7-12-30(38)13-8-24)20-17-25-9-14-31(15-10-25)43(35,41)42/h1-10,12-15,21-22,38H,11,16-20,23,34H2,(H,36,40)(H2,35,41,42). The van der Waals surface area contributed by atoms with Gasteiger partial charge in [0.05, 0.1) is 4.90 Å². The molecule has 0 bridgehead atoms. The number of aromatic hydroxyl groups is 1. The van der Waals surface area contributed by atoms with Crippen LogP contribution in [0.3, 0.4) is 0 Å². The Morgan fingerprint density at radius 1 is 0.791 bits per heavy atom. The molecule has 4 aromatic carbocycles. The van der Waals surface area contributed by atoms with Crippen molar-refractivity contribution in [2.75, 3.05) is 19.6 Å². The molecule has 0 spiro atoms. The van der Waals surface area contributed by atoms with Crippen molar-refractivity contribution in [3.8, 4) is 16.9 Å². The van der Waals surface area contributed by atoms with Crippen molar-refractivity contribution in [2.45, 2.75) is 30.7 Å². The van der Waals surface area contributed by atoms with Crippen molar-refractivity contribution in [2.24, 2.45) is 10.9 Å². The van der Waals surface area contributed by atoms with Gasteiger partial charge in [-0.05, 0) is 83.1 Å². The molecule has 0 aromatic heterocycles. The van der Waals surface area contributed by atoms with Crippen molar-refractivity contribution in [3.63, 3.8) is 0 Å². The predicted molar refractivity (Wildman–Crippen MR) is 167 cm³/mol. The lowest BCUT2D eigenvalue weighted by atomic mass is 10.0. The minimum Gasteiger partial charge on any atom is -0.508 e. The molecule has 43 heavy (non-hydrogen) atoms. The van der Waals surface area contributed by atoms with Gasteiger partial charge in [0.1, 0.15) is 5.75 Å². The third kappa shape index (κ3) is 9.24. The van der Waals surface area contributed by atoms with E-state index < -0.39 is 10.0 Å². The summed E-state index contributed by atoms with van der Waals surface area (Å²) in [6.45, 7) is 1.54. The molecule has 0 saturated heterocycles. The molecule has 4 rings (SSSR count). The van der Waals surface area contributed by atoms with E-state index in [0.717, 1.165) is 27.8 Å². The third-order valence-electron chi connectivity index (χ3n) is 7.03. The molecule has 0 aliphatic rings. The largest absolute Gasteiger partial charge is 0.508 e. The summed E-state index contributed by atoms with van der Waals surface area (Å²) in [7, 11) is -3.79. The molecule has 6 N–H and O–H groups in total. The summed E-state index contributed by atoms with van der Waals surface area (Å²) < 4.78 is 23.2. The first-order valence-corrected chi connectivity index (χ1v) is 15.5. The number of phenols is 1. The molecule has 0 fully saturated rings. The highest BCUT2D eigenvalue weighted by atomic mass is 32.2. The fourth-order valence-electron chi connectivity index (χ4n) is 4.67. The summed E-state index contributed by atoms with van der Waals surface area (Å²) in [6, 6.07) is 28.4. The maximum Gasteiger partial charge on any atom is 0.251 e. The lowest BCUT2D eigenvalue weighted by molar-refractivity contribution is -0.131. The molecule has 0 atom stereocenters. The van der Waals surface area contributed by atoms with Crippen molar-refractivity contribution in [1.29, 1.82) is 0 Å². The van der Waals surface area contributed by atoms with Crippen LogP contribution in [0.15, 0.2) is 102 Å². The lowest BCUT2D eigenvalue weighted by Crippen LogP contribution is -2.32. The molecule has 2 amide bonds. The molecular formula is C33H36N4O5S. The van der Waals surface area contributed by atoms with Gasteiger partial charge in [-0.15, -0.1) is 0 Å². The van der Waals surface area contributed by atoms with Crippen molar-refractivity contribution in [1.82, 2.24) is 10.2 Å². The van der Waals surface area contributed by atoms with Crippen LogP contribution in [0.2, 0.25) is 0 Å². The summed E-state index contributed by atoms with van der Waals surface area (Å²) in [4.78, 5) is 27.8. The van der Waals surface area contributed by atoms with Crippen molar-refractivity contribution in [3.05, 3.63) is 119 Å². The fraction of sp³-hybridized carbons (Fsp3) is 0.212. The molecule has 4 aromatic rings. The molecule has 9 nitrogen and oxygen atoms in total. The maximum atomic E-state index is 13.5. The average Bonchev–Trinajstić information content (AvgIpc) is 3.01. The number of hydrogen-bond acceptors (Lipinski definition) is 6. The van der Waals surface area contributed by atoms with Crippen LogP contribution < -0.4 is 16.2 Å². The van der Waals surface area contributed by atoms with Crippen molar-refractivity contribution < 1.29 is 23.1 Å². The smallest absolute Gasteiger partial charge is 0.251 e. The third-order valence-corrected chi connectivity index (χ3v) is 7.96. The van der Waals surface area contributed by atoms with Crippen LogP contribution in [0.4, 0.5) is 0 Å². The summed E-state index contributed by atoms with van der Waals surface area (Å²) in [5.41, 5.74) is 10.6. The van der Waals surface area contributed by atoms with Gasteiger partial charge in [0, 0.05) is 38.2 Å². The van der Waals surface area contributed by atoms with E-state index in [0.29, 0.717) is 44.6 Å². The maximum absolute atomic E-state index is 13.5. The highest BCUT2D eigenvalue weighted by molar-refractivity contribution is 7.89. The van der Waals surface area contributed by atoms with E-state index in [9.17, 15) is 23.1 Å². The number of amides is 2. The first kappa shape index (κ1) is 31.4. The zero-order chi connectivity index (χ0) is 30.8. The number of nitrogens with zero attached hydrogens (tertiary/aromatic N) is 1. The van der Waals surface area contributed by atoms with Gasteiger partial charge in [-0.1, -0.05) is 54.6 Å². The fourth-order valence-corrected chi connectivity index (χ4v) is 5.19. The number of primary sulfonamides is 1. The number of rotatable bonds is 13. The molecule has 0 unspecified atom stereocenters. The first-order valence-electron chi connectivity index (χ1n) is 14.0. The van der Waals surface area contributed by atoms with E-state index in [1.165, 1.54) is 12.1 Å². The van der Waals surface area contributed by atoms with Crippen LogP contribution in [-0.4, -0.2) is 49.9 Å². The van der Waals surface area contributed by atoms with Gasteiger partial charge in [0.15, 0.2) is 0 Å². The van der Waals surface area contributed by atoms with E-state index in [1.807, 2.05) is 42.5 Å². The number of phenolic OH excluding ortho intramolecular Hbond substituents is 1. The Balaban J connectivity index is 1.52. The second-order valence-electron chi connectivity index (χ2n) is 10.2. The summed E-state index contributed by atoms with van der Waals surface area (Å²) >= 11 is 0. The Kier molecular flexibility index (Phi) is 10.7. The van der Waals surface area contributed by atoms with E-state index in [1.54, 1.807) is 47.4 Å². The predicted octanol–water partition coefficient (Wildman–Crippen LogP) is 3.60. The van der Waals surface area contributed by atoms with E-state index in [2.05, 4.69) is 5.32 Å². The van der Waals surface area contributed by atoms with E-state index >= 15 is 0 Å². The van der Waals surface area contributed by atoms with E-state index in [-0.39, 0.29) is 28.9 Å². The number of aryl methyl sites for hydroxylation is 1. The van der Waals surface area contributed by atoms with Crippen LogP contribution >= 0.6 is 0 Å². The highest BCUT2D eigenvalue weighted by Gasteiger charge is 2.16. The second-order valence-corrected chi connectivity index (χ2v) is 11.8. The Labute approximate surface area is 252 Å². The summed E-state index contributed by atoms with van der Waals surface area (Å²) in [6.07, 6.45) is 1.34. The summed E-state index contributed by atoms with van der Waals surface area (Å²) in [5.74, 6) is -0.0454. The molecule has 10 heteroatoms. The molecule has 224 valence electrons. The van der Waals surface area contributed by atoms with Crippen LogP contribution in [0.25, 0.3) is 11.1 Å². The van der Waals surface area contributed by atoms with E-state index in [4.69, 9.17) is 10.9 Å². The van der Waals surface area contributed by atoms with Gasteiger partial charge >= 0.3 is 0 Å². The normalized spacial score (nSPS) is 11.2. The van der Waals surface area contributed by atoms with Gasteiger partial charge in [0.25, 0.3) is 5.91 Å². The zero-order valence-electron chi connectivity index (χ0n) is 23.8. The van der Waals surface area contributed by atoms with Crippen LogP contribution in [0.1, 0.15) is 33.5 Å². The molecule has 0 aliphatic heterocycles. The minimum atomic E-state index is -3.79. The van der Waals surface area contributed by atoms with Gasteiger partial charge in [0.2, 0.25) is 15.9 Å². The summed E-state index contributed by atoms with van der Waals surface area (Å²) in [5, 5.41) is 17.6. The monoisotopic (exact) mass is 600 g/mol. The number of benzene rings is 4. The van der Waals surface area contributed by atoms with Crippen molar-refractivity contribution >= 4 is 21.8 Å². The number of carbonyl (C=O) groups excluding carboxylic acids is 2. The van der Waals surface area contributed by atoms with Gasteiger partial charge in [-0.2, -0.15) is 0 Å². The molecular weight excluding hydrogens is 564 g/mol. The number of nitrogens with one attached hydrogen (secondary N) is 1. The highest BCUT2D eigenvalue weighted by Crippen LogP contribution is 2.23. The first-order chi connectivity index (χ1) is 20.6. The Morgan fingerprint density at radius 2 is 1.42 bits per heavy atom. The zero-order valence-corrected chi connectivity index (χ0v) is 24.6. The van der Waals surface area contributed by atoms with Gasteiger partial charge in [-0.25, -0.2) is 13.6 Å². The molecule has 0 heterocycles. The van der Waals surface area contributed by atoms with Crippen LogP contribution in [0.5, 0.6) is 5.75 Å². The number of nitrogens with two attached hydrogens (primary N) is 2. The Bertz CT molecular complexity index is 1660. The Hall–Kier alpha value is -4.51. The molecule has 0 radical (unpaired) electrons.